The van der Waals surface area contributed by atoms with Crippen molar-refractivity contribution in [3.8, 4) is 5.88 Å². The van der Waals surface area contributed by atoms with Gasteiger partial charge in [-0.2, -0.15) is 0 Å². The molecule has 0 radical (unpaired) electrons. The van der Waals surface area contributed by atoms with Crippen LogP contribution in [0.5, 0.6) is 5.88 Å². The van der Waals surface area contributed by atoms with Crippen LogP contribution in [-0.2, 0) is 13.6 Å². The van der Waals surface area contributed by atoms with Gasteiger partial charge in [0, 0.05) is 31.7 Å². The first-order chi connectivity index (χ1) is 12.0. The molecule has 1 aromatic carbocycles. The number of quaternary nitrogens is 1. The summed E-state index contributed by atoms with van der Waals surface area (Å²) in [4.78, 5) is 31.4. The lowest BCUT2D eigenvalue weighted by molar-refractivity contribution is -0.918. The largest absolute Gasteiger partial charge is 0.494 e. The second-order valence-corrected chi connectivity index (χ2v) is 6.48. The monoisotopic (exact) mass is 343 g/mol. The van der Waals surface area contributed by atoms with Crippen LogP contribution in [-0.4, -0.2) is 40.0 Å². The molecule has 1 aliphatic rings. The van der Waals surface area contributed by atoms with Crippen molar-refractivity contribution in [2.45, 2.75) is 25.4 Å². The molecule has 0 atom stereocenters. The second kappa shape index (κ2) is 7.48. The lowest BCUT2D eigenvalue weighted by Gasteiger charge is -2.27. The lowest BCUT2D eigenvalue weighted by atomic mass is 10.0. The van der Waals surface area contributed by atoms with Crippen molar-refractivity contribution in [1.82, 2.24) is 9.55 Å². The maximum atomic E-state index is 11.8. The van der Waals surface area contributed by atoms with E-state index in [4.69, 9.17) is 0 Å². The number of aromatic nitrogens is 2. The highest BCUT2D eigenvalue weighted by Crippen LogP contribution is 2.09. The second-order valence-electron chi connectivity index (χ2n) is 6.48. The molecule has 1 saturated heterocycles. The maximum absolute atomic E-state index is 11.8. The summed E-state index contributed by atoms with van der Waals surface area (Å²) in [6.45, 7) is 3.05. The van der Waals surface area contributed by atoms with Crippen molar-refractivity contribution in [1.29, 1.82) is 0 Å². The van der Waals surface area contributed by atoms with Gasteiger partial charge in [0.15, 0.2) is 0 Å². The highest BCUT2D eigenvalue weighted by Gasteiger charge is 2.21. The Hall–Kier alpha value is -2.67. The number of piperidine rings is 1. The Bertz CT molecular complexity index is 862. The highest BCUT2D eigenvalue weighted by atomic mass is 16.3. The first kappa shape index (κ1) is 17.2. The SMILES string of the molecule is Cn1c(O)c(C=NC2CC[NH+](Cc3ccccc3)CC2)c(=O)[nH]c1=O. The molecule has 3 rings (SSSR count). The van der Waals surface area contributed by atoms with E-state index in [1.165, 1.54) is 23.7 Å². The van der Waals surface area contributed by atoms with Crippen molar-refractivity contribution >= 4 is 6.21 Å². The Balaban J connectivity index is 1.61. The minimum atomic E-state index is -0.641. The first-order valence-electron chi connectivity index (χ1n) is 8.47. The zero-order valence-corrected chi connectivity index (χ0v) is 14.2. The predicted octanol–water partition coefficient (Wildman–Crippen LogP) is -0.554. The quantitative estimate of drug-likeness (QED) is 0.650. The molecule has 1 aliphatic heterocycles. The minimum absolute atomic E-state index is 0.0289. The van der Waals surface area contributed by atoms with Crippen molar-refractivity contribution < 1.29 is 10.0 Å². The van der Waals surface area contributed by atoms with Crippen LogP contribution in [0.3, 0.4) is 0 Å². The summed E-state index contributed by atoms with van der Waals surface area (Å²) in [5.41, 5.74) is 0.108. The van der Waals surface area contributed by atoms with Crippen LogP contribution in [0, 0.1) is 0 Å². The van der Waals surface area contributed by atoms with E-state index in [1.807, 2.05) is 6.07 Å². The smallest absolute Gasteiger partial charge is 0.330 e. The van der Waals surface area contributed by atoms with E-state index in [2.05, 4.69) is 34.2 Å². The molecule has 0 unspecified atom stereocenters. The van der Waals surface area contributed by atoms with Gasteiger partial charge in [0.2, 0.25) is 5.88 Å². The van der Waals surface area contributed by atoms with Crippen LogP contribution in [0.1, 0.15) is 24.0 Å². The fourth-order valence-corrected chi connectivity index (χ4v) is 3.14. The number of hydrogen-bond acceptors (Lipinski definition) is 4. The van der Waals surface area contributed by atoms with Gasteiger partial charge >= 0.3 is 5.69 Å². The van der Waals surface area contributed by atoms with Gasteiger partial charge in [-0.3, -0.25) is 19.3 Å². The van der Waals surface area contributed by atoms with Crippen LogP contribution < -0.4 is 16.1 Å². The van der Waals surface area contributed by atoms with Crippen LogP contribution >= 0.6 is 0 Å². The summed E-state index contributed by atoms with van der Waals surface area (Å²) >= 11 is 0. The van der Waals surface area contributed by atoms with Crippen LogP contribution in [0.15, 0.2) is 44.9 Å². The molecular weight excluding hydrogens is 320 g/mol. The number of nitrogens with zero attached hydrogens (tertiary/aromatic N) is 2. The third-order valence-electron chi connectivity index (χ3n) is 4.70. The van der Waals surface area contributed by atoms with Gasteiger partial charge in [0.1, 0.15) is 12.1 Å². The fraction of sp³-hybridized carbons (Fsp3) is 0.389. The molecular formula is C18H23N4O3+. The molecule has 0 saturated carbocycles. The highest BCUT2D eigenvalue weighted by molar-refractivity contribution is 5.81. The van der Waals surface area contributed by atoms with Crippen molar-refractivity contribution in [3.63, 3.8) is 0 Å². The summed E-state index contributed by atoms with van der Waals surface area (Å²) < 4.78 is 0.995. The third-order valence-corrected chi connectivity index (χ3v) is 4.70. The Morgan fingerprint density at radius 2 is 1.96 bits per heavy atom. The van der Waals surface area contributed by atoms with Crippen molar-refractivity contribution in [2.24, 2.45) is 12.0 Å². The van der Waals surface area contributed by atoms with Gasteiger partial charge in [0.25, 0.3) is 5.56 Å². The van der Waals surface area contributed by atoms with Crippen molar-refractivity contribution in [2.75, 3.05) is 13.1 Å². The first-order valence-corrected chi connectivity index (χ1v) is 8.47. The van der Waals surface area contributed by atoms with Crippen LogP contribution in [0.2, 0.25) is 0 Å². The number of aromatic hydroxyl groups is 1. The summed E-state index contributed by atoms with van der Waals surface area (Å²) in [6, 6.07) is 10.6. The summed E-state index contributed by atoms with van der Waals surface area (Å²) in [6.07, 6.45) is 3.26. The molecule has 0 spiro atoms. The molecule has 1 fully saturated rings. The number of aromatic amines is 1. The topological polar surface area (TPSA) is 91.9 Å². The Labute approximate surface area is 145 Å². The van der Waals surface area contributed by atoms with E-state index in [0.29, 0.717) is 0 Å². The van der Waals surface area contributed by atoms with Gasteiger partial charge in [-0.1, -0.05) is 30.3 Å². The molecule has 0 bridgehead atoms. The Morgan fingerprint density at radius 3 is 2.64 bits per heavy atom. The molecule has 7 heteroatoms. The number of aliphatic imine (C=N–C) groups is 1. The van der Waals surface area contributed by atoms with E-state index in [-0.39, 0.29) is 17.5 Å². The number of H-pyrrole nitrogens is 1. The Kier molecular flexibility index (Phi) is 5.14. The standard InChI is InChI=1S/C18H22N4O3/c1-21-17(24)15(16(23)20-18(21)25)11-19-14-7-9-22(10-8-14)12-13-5-3-2-4-6-13/h2-6,11,14,24H,7-10,12H2,1H3,(H,20,23,25)/p+1. The molecule has 1 aromatic heterocycles. The number of benzene rings is 1. The predicted molar refractivity (Wildman–Crippen MR) is 95.4 cm³/mol. The normalized spacial score (nSPS) is 20.8. The maximum Gasteiger partial charge on any atom is 0.330 e. The third kappa shape index (κ3) is 4.06. The number of likely N-dealkylation sites (tertiary alicyclic amines) is 1. The van der Waals surface area contributed by atoms with Crippen LogP contribution in [0.25, 0.3) is 0 Å². The molecule has 25 heavy (non-hydrogen) atoms. The van der Waals surface area contributed by atoms with Gasteiger partial charge in [-0.25, -0.2) is 4.79 Å². The van der Waals surface area contributed by atoms with E-state index in [1.54, 1.807) is 0 Å². The van der Waals surface area contributed by atoms with E-state index >= 15 is 0 Å². The zero-order chi connectivity index (χ0) is 17.8. The zero-order valence-electron chi connectivity index (χ0n) is 14.2. The molecule has 2 heterocycles. The molecule has 7 nitrogen and oxygen atoms in total. The van der Waals surface area contributed by atoms with Crippen molar-refractivity contribution in [3.05, 3.63) is 62.3 Å². The average molecular weight is 343 g/mol. The number of hydrogen-bond donors (Lipinski definition) is 3. The Morgan fingerprint density at radius 1 is 1.28 bits per heavy atom. The van der Waals surface area contributed by atoms with Crippen LogP contribution in [0.4, 0.5) is 0 Å². The van der Waals surface area contributed by atoms with Gasteiger partial charge < -0.3 is 10.0 Å². The van der Waals surface area contributed by atoms with Gasteiger partial charge in [-0.05, 0) is 0 Å². The summed E-state index contributed by atoms with van der Waals surface area (Å²) in [7, 11) is 1.40. The van der Waals surface area contributed by atoms with E-state index < -0.39 is 11.2 Å². The fourth-order valence-electron chi connectivity index (χ4n) is 3.14. The van der Waals surface area contributed by atoms with E-state index in [9.17, 15) is 14.7 Å². The minimum Gasteiger partial charge on any atom is -0.494 e. The molecule has 3 N–H and O–H groups in total. The average Bonchev–Trinajstić information content (AvgIpc) is 2.62. The summed E-state index contributed by atoms with van der Waals surface area (Å²) in [5.74, 6) is -0.357. The van der Waals surface area contributed by atoms with Gasteiger partial charge in [-0.15, -0.1) is 0 Å². The molecule has 0 amide bonds. The number of nitrogens with one attached hydrogen (secondary N) is 2. The number of rotatable bonds is 4. The molecule has 0 aliphatic carbocycles. The summed E-state index contributed by atoms with van der Waals surface area (Å²) in [5, 5.41) is 9.94. The van der Waals surface area contributed by atoms with Gasteiger partial charge in [0.05, 0.1) is 19.1 Å². The molecule has 2 aromatic rings. The van der Waals surface area contributed by atoms with E-state index in [0.717, 1.165) is 37.0 Å². The lowest BCUT2D eigenvalue weighted by Crippen LogP contribution is -3.12. The molecule has 132 valence electrons.